The molecule has 7 heteroatoms. The number of carbonyl (C=O) groups excluding carboxylic acids is 2. The Kier molecular flexibility index (Phi) is 7.06. The molecule has 3 rings (SSSR count). The molecule has 0 aliphatic carbocycles. The van der Waals surface area contributed by atoms with Crippen molar-refractivity contribution in [2.45, 2.75) is 39.4 Å². The lowest BCUT2D eigenvalue weighted by Gasteiger charge is -2.39. The Morgan fingerprint density at radius 1 is 1.00 bits per heavy atom. The van der Waals surface area contributed by atoms with Crippen molar-refractivity contribution in [1.82, 2.24) is 15.1 Å². The number of hydrogen-bond donors (Lipinski definition) is 2. The summed E-state index contributed by atoms with van der Waals surface area (Å²) in [5.41, 5.74) is 0.950. The molecule has 0 bridgehead atoms. The Labute approximate surface area is 172 Å². The number of piperazine rings is 1. The van der Waals surface area contributed by atoms with Gasteiger partial charge in [0.15, 0.2) is 0 Å². The van der Waals surface area contributed by atoms with Crippen LogP contribution in [0.3, 0.4) is 0 Å². The third-order valence-corrected chi connectivity index (χ3v) is 5.44. The molecule has 1 unspecified atom stereocenters. The predicted molar refractivity (Wildman–Crippen MR) is 113 cm³/mol. The first kappa shape index (κ1) is 21.1. The second-order valence-electron chi connectivity index (χ2n) is 7.64. The third kappa shape index (κ3) is 5.46. The molecule has 1 aliphatic heterocycles. The zero-order chi connectivity index (χ0) is 20.8. The number of nitrogens with zero attached hydrogens (tertiary/aromatic N) is 2. The molecule has 7 nitrogen and oxygen atoms in total. The number of para-hydroxylation sites is 1. The van der Waals surface area contributed by atoms with Crippen molar-refractivity contribution in [2.24, 2.45) is 0 Å². The highest BCUT2D eigenvalue weighted by Gasteiger charge is 2.27. The average Bonchev–Trinajstić information content (AvgIpc) is 3.25. The van der Waals surface area contributed by atoms with Gasteiger partial charge < -0.3 is 15.1 Å². The van der Waals surface area contributed by atoms with Gasteiger partial charge in [-0.15, -0.1) is 0 Å². The normalized spacial score (nSPS) is 16.6. The summed E-state index contributed by atoms with van der Waals surface area (Å²) >= 11 is 0. The number of furan rings is 1. The first-order valence-corrected chi connectivity index (χ1v) is 10.1. The molecule has 1 aromatic carbocycles. The Hall–Kier alpha value is -2.64. The van der Waals surface area contributed by atoms with Crippen LogP contribution in [-0.4, -0.2) is 59.9 Å². The summed E-state index contributed by atoms with van der Waals surface area (Å²) in [6, 6.07) is 10.9. The zero-order valence-electron chi connectivity index (χ0n) is 17.4. The number of anilines is 1. The van der Waals surface area contributed by atoms with Crippen LogP contribution in [0.15, 0.2) is 47.1 Å². The summed E-state index contributed by atoms with van der Waals surface area (Å²) in [6.45, 7) is 10.2. The maximum atomic E-state index is 12.8. The fourth-order valence-corrected chi connectivity index (χ4v) is 3.51. The van der Waals surface area contributed by atoms with E-state index in [1.807, 2.05) is 13.0 Å². The van der Waals surface area contributed by atoms with Gasteiger partial charge in [-0.1, -0.05) is 12.1 Å². The number of nitrogens with one attached hydrogen (secondary N) is 2. The van der Waals surface area contributed by atoms with Crippen molar-refractivity contribution in [2.75, 3.05) is 31.5 Å². The first-order chi connectivity index (χ1) is 14.0. The Morgan fingerprint density at radius 3 is 2.34 bits per heavy atom. The van der Waals surface area contributed by atoms with Gasteiger partial charge in [-0.3, -0.25) is 19.4 Å². The van der Waals surface area contributed by atoms with E-state index >= 15 is 0 Å². The van der Waals surface area contributed by atoms with E-state index in [1.165, 1.54) is 0 Å². The quantitative estimate of drug-likeness (QED) is 0.750. The summed E-state index contributed by atoms with van der Waals surface area (Å²) in [5, 5.41) is 5.76. The van der Waals surface area contributed by atoms with E-state index in [-0.39, 0.29) is 17.9 Å². The van der Waals surface area contributed by atoms with Crippen molar-refractivity contribution in [3.63, 3.8) is 0 Å². The Balaban J connectivity index is 1.59. The maximum Gasteiger partial charge on any atom is 0.253 e. The second kappa shape index (κ2) is 9.71. The van der Waals surface area contributed by atoms with Crippen LogP contribution in [0.4, 0.5) is 5.69 Å². The van der Waals surface area contributed by atoms with Crippen molar-refractivity contribution in [3.05, 3.63) is 54.0 Å². The van der Waals surface area contributed by atoms with Gasteiger partial charge in [-0.25, -0.2) is 0 Å². The number of amides is 2. The molecule has 2 N–H and O–H groups in total. The maximum absolute atomic E-state index is 12.8. The number of hydrogen-bond acceptors (Lipinski definition) is 5. The Bertz CT molecular complexity index is 811. The van der Waals surface area contributed by atoms with Crippen LogP contribution in [0, 0.1) is 0 Å². The summed E-state index contributed by atoms with van der Waals surface area (Å²) < 4.78 is 5.24. The van der Waals surface area contributed by atoms with Gasteiger partial charge in [-0.2, -0.15) is 0 Å². The molecule has 0 spiro atoms. The molecule has 0 radical (unpaired) electrons. The molecule has 2 amide bonds. The van der Waals surface area contributed by atoms with E-state index < -0.39 is 0 Å². The molecule has 2 aromatic rings. The van der Waals surface area contributed by atoms with Crippen LogP contribution < -0.4 is 10.6 Å². The minimum atomic E-state index is -0.261. The molecule has 1 atom stereocenters. The Morgan fingerprint density at radius 2 is 1.69 bits per heavy atom. The SMILES string of the molecule is CC(C)N1CCN(C(C)C(=O)Nc2ccccc2C(=O)NCc2ccco2)CC1. The number of rotatable bonds is 7. The van der Waals surface area contributed by atoms with Crippen LogP contribution in [0.5, 0.6) is 0 Å². The molecule has 156 valence electrons. The van der Waals surface area contributed by atoms with Crippen LogP contribution in [-0.2, 0) is 11.3 Å². The van der Waals surface area contributed by atoms with Gasteiger partial charge >= 0.3 is 0 Å². The zero-order valence-corrected chi connectivity index (χ0v) is 17.4. The standard InChI is InChI=1S/C22H30N4O3/c1-16(2)25-10-12-26(13-11-25)17(3)21(27)24-20-9-5-4-8-19(20)22(28)23-15-18-7-6-14-29-18/h4-9,14,16-17H,10-13,15H2,1-3H3,(H,23,28)(H,24,27). The fourth-order valence-electron chi connectivity index (χ4n) is 3.51. The third-order valence-electron chi connectivity index (χ3n) is 5.44. The van der Waals surface area contributed by atoms with E-state index in [2.05, 4.69) is 34.3 Å². The molecule has 1 aromatic heterocycles. The molecule has 0 saturated carbocycles. The average molecular weight is 399 g/mol. The predicted octanol–water partition coefficient (Wildman–Crippen LogP) is 2.56. The largest absolute Gasteiger partial charge is 0.467 e. The minimum Gasteiger partial charge on any atom is -0.467 e. The monoisotopic (exact) mass is 398 g/mol. The fraction of sp³-hybridized carbons (Fsp3) is 0.455. The summed E-state index contributed by atoms with van der Waals surface area (Å²) in [5.74, 6) is 0.318. The summed E-state index contributed by atoms with van der Waals surface area (Å²) in [7, 11) is 0. The van der Waals surface area contributed by atoms with E-state index in [4.69, 9.17) is 4.42 Å². The highest BCUT2D eigenvalue weighted by molar-refractivity contribution is 6.04. The van der Waals surface area contributed by atoms with Crippen LogP contribution >= 0.6 is 0 Å². The van der Waals surface area contributed by atoms with Crippen molar-refractivity contribution >= 4 is 17.5 Å². The van der Waals surface area contributed by atoms with Crippen molar-refractivity contribution in [1.29, 1.82) is 0 Å². The molecular weight excluding hydrogens is 368 g/mol. The number of carbonyl (C=O) groups is 2. The molecule has 1 aliphatic rings. The topological polar surface area (TPSA) is 77.8 Å². The van der Waals surface area contributed by atoms with Gasteiger partial charge in [0.25, 0.3) is 5.91 Å². The van der Waals surface area contributed by atoms with Gasteiger partial charge in [0.05, 0.1) is 30.1 Å². The molecule has 29 heavy (non-hydrogen) atoms. The highest BCUT2D eigenvalue weighted by atomic mass is 16.3. The molecule has 1 fully saturated rings. The van der Waals surface area contributed by atoms with E-state index in [1.54, 1.807) is 36.6 Å². The van der Waals surface area contributed by atoms with Crippen LogP contribution in [0.25, 0.3) is 0 Å². The van der Waals surface area contributed by atoms with Crippen molar-refractivity contribution in [3.8, 4) is 0 Å². The van der Waals surface area contributed by atoms with Gasteiger partial charge in [0, 0.05) is 32.2 Å². The second-order valence-corrected chi connectivity index (χ2v) is 7.64. The summed E-state index contributed by atoms with van der Waals surface area (Å²) in [4.78, 5) is 30.0. The van der Waals surface area contributed by atoms with Gasteiger partial charge in [0.2, 0.25) is 5.91 Å². The number of benzene rings is 1. The molecular formula is C22H30N4O3. The van der Waals surface area contributed by atoms with Gasteiger partial charge in [0.1, 0.15) is 5.76 Å². The van der Waals surface area contributed by atoms with Crippen LogP contribution in [0.2, 0.25) is 0 Å². The lowest BCUT2D eigenvalue weighted by atomic mass is 10.1. The van der Waals surface area contributed by atoms with E-state index in [9.17, 15) is 9.59 Å². The van der Waals surface area contributed by atoms with E-state index in [0.29, 0.717) is 29.6 Å². The van der Waals surface area contributed by atoms with E-state index in [0.717, 1.165) is 26.2 Å². The van der Waals surface area contributed by atoms with Crippen LogP contribution in [0.1, 0.15) is 36.9 Å². The lowest BCUT2D eigenvalue weighted by molar-refractivity contribution is -0.121. The summed E-state index contributed by atoms with van der Waals surface area (Å²) in [6.07, 6.45) is 1.57. The minimum absolute atomic E-state index is 0.103. The highest BCUT2D eigenvalue weighted by Crippen LogP contribution is 2.17. The van der Waals surface area contributed by atoms with Gasteiger partial charge in [-0.05, 0) is 45.0 Å². The smallest absolute Gasteiger partial charge is 0.253 e. The first-order valence-electron chi connectivity index (χ1n) is 10.1. The van der Waals surface area contributed by atoms with Crippen molar-refractivity contribution < 1.29 is 14.0 Å². The lowest BCUT2D eigenvalue weighted by Crippen LogP contribution is -2.54. The molecule has 2 heterocycles. The molecule has 1 saturated heterocycles.